The van der Waals surface area contributed by atoms with E-state index in [4.69, 9.17) is 0 Å². The van der Waals surface area contributed by atoms with Crippen LogP contribution in [0.4, 0.5) is 10.5 Å². The van der Waals surface area contributed by atoms with Gasteiger partial charge in [-0.2, -0.15) is 0 Å². The summed E-state index contributed by atoms with van der Waals surface area (Å²) in [5.41, 5.74) is 5.57. The third-order valence-corrected chi connectivity index (χ3v) is 7.66. The molecule has 2 aromatic rings. The number of amides is 2. The van der Waals surface area contributed by atoms with Crippen molar-refractivity contribution in [3.05, 3.63) is 65.2 Å². The van der Waals surface area contributed by atoms with Crippen molar-refractivity contribution in [1.29, 1.82) is 0 Å². The number of fused-ring (bicyclic) bond motifs is 1. The number of nitrogens with one attached hydrogen (secondary N) is 1. The molecule has 29 heavy (non-hydrogen) atoms. The van der Waals surface area contributed by atoms with Crippen molar-refractivity contribution in [1.82, 2.24) is 9.80 Å². The molecule has 0 radical (unpaired) electrons. The van der Waals surface area contributed by atoms with Crippen LogP contribution in [-0.2, 0) is 11.8 Å². The average molecular weight is 390 g/mol. The summed E-state index contributed by atoms with van der Waals surface area (Å²) < 4.78 is 0. The van der Waals surface area contributed by atoms with Crippen LogP contribution in [0, 0.1) is 12.8 Å². The molecule has 1 aliphatic carbocycles. The minimum Gasteiger partial charge on any atom is -0.324 e. The zero-order valence-corrected chi connectivity index (χ0v) is 17.5. The zero-order valence-electron chi connectivity index (χ0n) is 17.5. The molecular weight excluding hydrogens is 358 g/mol. The molecule has 2 aliphatic heterocycles. The molecule has 2 fully saturated rings. The number of nitrogens with zero attached hydrogens (tertiary/aromatic N) is 2. The van der Waals surface area contributed by atoms with Crippen molar-refractivity contribution in [2.45, 2.75) is 44.1 Å². The number of benzene rings is 2. The molecule has 152 valence electrons. The highest BCUT2D eigenvalue weighted by Crippen LogP contribution is 2.52. The Labute approximate surface area is 173 Å². The number of urea groups is 1. The van der Waals surface area contributed by atoms with E-state index in [1.807, 2.05) is 30.3 Å². The second-order valence-corrected chi connectivity index (χ2v) is 9.27. The van der Waals surface area contributed by atoms with E-state index in [9.17, 15) is 4.79 Å². The number of likely N-dealkylation sites (N-methyl/N-ethyl adjacent to an activating group) is 1. The summed E-state index contributed by atoms with van der Waals surface area (Å²) >= 11 is 0. The summed E-state index contributed by atoms with van der Waals surface area (Å²) in [5, 5.41) is 3.10. The predicted octanol–water partition coefficient (Wildman–Crippen LogP) is 4.44. The number of aryl methyl sites for hydroxylation is 1. The van der Waals surface area contributed by atoms with Gasteiger partial charge in [0, 0.05) is 36.2 Å². The summed E-state index contributed by atoms with van der Waals surface area (Å²) in [6.07, 6.45) is 4.66. The Morgan fingerprint density at radius 3 is 2.76 bits per heavy atom. The number of carbonyl (C=O) groups is 1. The minimum absolute atomic E-state index is 0.0421. The quantitative estimate of drug-likeness (QED) is 0.783. The molecular formula is C25H31N3O. The van der Waals surface area contributed by atoms with E-state index in [1.54, 1.807) is 5.56 Å². The van der Waals surface area contributed by atoms with Gasteiger partial charge in [0.05, 0.1) is 0 Å². The van der Waals surface area contributed by atoms with Crippen LogP contribution in [0.2, 0.25) is 0 Å². The van der Waals surface area contributed by atoms with Crippen LogP contribution in [0.3, 0.4) is 0 Å². The first kappa shape index (κ1) is 18.7. The maximum Gasteiger partial charge on any atom is 0.321 e. The highest BCUT2D eigenvalue weighted by atomic mass is 16.2. The Balaban J connectivity index is 1.47. The Hall–Kier alpha value is -2.33. The fraction of sp³-hybridized carbons (Fsp3) is 0.480. The van der Waals surface area contributed by atoms with Crippen LogP contribution >= 0.6 is 0 Å². The zero-order chi connectivity index (χ0) is 20.0. The number of hydrogen-bond donors (Lipinski definition) is 1. The standard InChI is InChI=1S/C25H31N3O/c1-18-9-10-19-16-23-22-17-28(24(29)26-20-7-4-3-5-8-20)14-12-25(22,21(19)15-18)11-6-13-27(23)2/h3-5,7-10,15,22-23H,6,11-14,16-17H2,1-2H3,(H,26,29)/t22-,23+,25+/m0/s1. The van der Waals surface area contributed by atoms with Gasteiger partial charge in [-0.1, -0.05) is 42.0 Å². The Bertz CT molecular complexity index is 912. The van der Waals surface area contributed by atoms with E-state index in [0.29, 0.717) is 12.0 Å². The SMILES string of the molecule is Cc1ccc2c(c1)[C@]13CCCN(C)[C@H](C2)[C@@H]1CN(C(=O)Nc1ccccc1)CC3. The Kier molecular flexibility index (Phi) is 4.62. The molecule has 0 unspecified atom stereocenters. The van der Waals surface area contributed by atoms with E-state index in [1.165, 1.54) is 24.0 Å². The van der Waals surface area contributed by atoms with Gasteiger partial charge in [0.15, 0.2) is 0 Å². The van der Waals surface area contributed by atoms with Crippen molar-refractivity contribution in [3.63, 3.8) is 0 Å². The van der Waals surface area contributed by atoms with Crippen molar-refractivity contribution >= 4 is 11.7 Å². The highest BCUT2D eigenvalue weighted by Gasteiger charge is 2.53. The lowest BCUT2D eigenvalue weighted by atomic mass is 9.56. The van der Waals surface area contributed by atoms with Crippen LogP contribution in [-0.4, -0.2) is 48.6 Å². The summed E-state index contributed by atoms with van der Waals surface area (Å²) in [6.45, 7) is 5.05. The first-order chi connectivity index (χ1) is 14.1. The molecule has 2 amide bonds. The number of rotatable bonds is 1. The highest BCUT2D eigenvalue weighted by molar-refractivity contribution is 5.89. The largest absolute Gasteiger partial charge is 0.324 e. The van der Waals surface area contributed by atoms with Crippen molar-refractivity contribution < 1.29 is 4.79 Å². The van der Waals surface area contributed by atoms with E-state index >= 15 is 0 Å². The molecule has 0 spiro atoms. The lowest BCUT2D eigenvalue weighted by Gasteiger charge is -2.54. The van der Waals surface area contributed by atoms with Gasteiger partial charge in [-0.05, 0) is 69.5 Å². The topological polar surface area (TPSA) is 35.6 Å². The summed E-state index contributed by atoms with van der Waals surface area (Å²) in [7, 11) is 2.28. The number of likely N-dealkylation sites (tertiary alicyclic amines) is 2. The normalized spacial score (nSPS) is 28.8. The molecule has 3 aliphatic rings. The van der Waals surface area contributed by atoms with Gasteiger partial charge >= 0.3 is 6.03 Å². The van der Waals surface area contributed by atoms with E-state index in [0.717, 1.165) is 38.2 Å². The first-order valence-electron chi connectivity index (χ1n) is 11.0. The number of hydrogen-bond acceptors (Lipinski definition) is 2. The molecule has 0 saturated carbocycles. The van der Waals surface area contributed by atoms with Gasteiger partial charge in [0.25, 0.3) is 0 Å². The molecule has 5 rings (SSSR count). The summed E-state index contributed by atoms with van der Waals surface area (Å²) in [5.74, 6) is 0.500. The van der Waals surface area contributed by atoms with Gasteiger partial charge in [-0.15, -0.1) is 0 Å². The molecule has 4 nitrogen and oxygen atoms in total. The number of carbonyl (C=O) groups excluding carboxylic acids is 1. The molecule has 1 N–H and O–H groups in total. The lowest BCUT2D eigenvalue weighted by molar-refractivity contribution is 0.0491. The Morgan fingerprint density at radius 2 is 1.93 bits per heavy atom. The smallest absolute Gasteiger partial charge is 0.321 e. The third-order valence-electron chi connectivity index (χ3n) is 7.66. The molecule has 2 saturated heterocycles. The Morgan fingerprint density at radius 1 is 1.10 bits per heavy atom. The molecule has 3 atom stereocenters. The van der Waals surface area contributed by atoms with Gasteiger partial charge in [0.2, 0.25) is 0 Å². The third kappa shape index (κ3) is 3.14. The maximum atomic E-state index is 13.0. The molecule has 2 heterocycles. The van der Waals surface area contributed by atoms with Crippen LogP contribution in [0.25, 0.3) is 0 Å². The van der Waals surface area contributed by atoms with Crippen LogP contribution in [0.5, 0.6) is 0 Å². The van der Waals surface area contributed by atoms with E-state index in [2.05, 4.69) is 47.3 Å². The van der Waals surface area contributed by atoms with Gasteiger partial charge in [-0.3, -0.25) is 0 Å². The monoisotopic (exact) mass is 389 g/mol. The molecule has 4 heteroatoms. The second-order valence-electron chi connectivity index (χ2n) is 9.27. The molecule has 2 bridgehead atoms. The number of piperidine rings is 1. The fourth-order valence-electron chi connectivity index (χ4n) is 6.17. The predicted molar refractivity (Wildman–Crippen MR) is 117 cm³/mol. The van der Waals surface area contributed by atoms with Crippen molar-refractivity contribution in [2.24, 2.45) is 5.92 Å². The molecule has 0 aromatic heterocycles. The van der Waals surface area contributed by atoms with Crippen molar-refractivity contribution in [2.75, 3.05) is 32.0 Å². The van der Waals surface area contributed by atoms with Crippen molar-refractivity contribution in [3.8, 4) is 0 Å². The van der Waals surface area contributed by atoms with Gasteiger partial charge in [-0.25, -0.2) is 4.79 Å². The van der Waals surface area contributed by atoms with E-state index in [-0.39, 0.29) is 11.4 Å². The van der Waals surface area contributed by atoms with Crippen LogP contribution in [0.1, 0.15) is 36.0 Å². The van der Waals surface area contributed by atoms with Crippen LogP contribution in [0.15, 0.2) is 48.5 Å². The summed E-state index contributed by atoms with van der Waals surface area (Å²) in [4.78, 5) is 17.6. The number of anilines is 1. The van der Waals surface area contributed by atoms with Gasteiger partial charge in [0.1, 0.15) is 0 Å². The minimum atomic E-state index is 0.0421. The maximum absolute atomic E-state index is 13.0. The lowest BCUT2D eigenvalue weighted by Crippen LogP contribution is -2.60. The number of para-hydroxylation sites is 1. The fourth-order valence-corrected chi connectivity index (χ4v) is 6.17. The summed E-state index contributed by atoms with van der Waals surface area (Å²) in [6, 6.07) is 17.4. The van der Waals surface area contributed by atoms with Gasteiger partial charge < -0.3 is 15.1 Å². The molecule has 2 aromatic carbocycles. The second kappa shape index (κ2) is 7.17. The van der Waals surface area contributed by atoms with E-state index < -0.39 is 0 Å². The first-order valence-corrected chi connectivity index (χ1v) is 11.0. The van der Waals surface area contributed by atoms with Crippen LogP contribution < -0.4 is 5.32 Å². The average Bonchev–Trinajstić information content (AvgIpc) is 2.83.